The van der Waals surface area contributed by atoms with Crippen LogP contribution >= 0.6 is 0 Å². The highest BCUT2D eigenvalue weighted by atomic mass is 16.5. The van der Waals surface area contributed by atoms with Crippen LogP contribution in [-0.4, -0.2) is 41.5 Å². The molecule has 4 rings (SSSR count). The first-order valence-electron chi connectivity index (χ1n) is 9.28. The van der Waals surface area contributed by atoms with E-state index in [9.17, 15) is 4.79 Å². The van der Waals surface area contributed by atoms with Crippen molar-refractivity contribution in [2.75, 3.05) is 26.6 Å². The summed E-state index contributed by atoms with van der Waals surface area (Å²) in [5, 5.41) is 5.92. The summed E-state index contributed by atoms with van der Waals surface area (Å²) in [4.78, 5) is 21.1. The van der Waals surface area contributed by atoms with Crippen molar-refractivity contribution in [3.05, 3.63) is 66.5 Å². The number of nitrogens with one attached hydrogen (secondary N) is 2. The van der Waals surface area contributed by atoms with Crippen molar-refractivity contribution in [1.29, 1.82) is 0 Å². The maximum Gasteiger partial charge on any atom is 0.251 e. The molecule has 31 heavy (non-hydrogen) atoms. The fourth-order valence-electron chi connectivity index (χ4n) is 3.17. The topological polar surface area (TPSA) is 89.8 Å². The Balaban J connectivity index is 0.00000272. The molecule has 0 radical (unpaired) electrons. The molecule has 0 aliphatic rings. The number of ether oxygens (including phenoxy) is 2. The third-order valence-corrected chi connectivity index (χ3v) is 4.68. The van der Waals surface area contributed by atoms with Crippen molar-refractivity contribution < 1.29 is 14.3 Å². The van der Waals surface area contributed by atoms with Gasteiger partial charge >= 0.3 is 0 Å². The number of aromatic nitrogens is 3. The van der Waals surface area contributed by atoms with Gasteiger partial charge in [-0.2, -0.15) is 0 Å². The number of carbonyl (C=O) groups excluding carboxylic acids is 1. The third-order valence-electron chi connectivity index (χ3n) is 4.68. The number of carbonyl (C=O) groups is 1. The first kappa shape index (κ1) is 21.6. The van der Waals surface area contributed by atoms with Gasteiger partial charge in [0.1, 0.15) is 5.65 Å². The molecule has 0 saturated carbocycles. The quantitative estimate of drug-likeness (QED) is 0.488. The molecule has 2 aromatic carbocycles. The van der Waals surface area contributed by atoms with E-state index >= 15 is 0 Å². The zero-order valence-electron chi connectivity index (χ0n) is 16.8. The molecule has 0 atom stereocenters. The van der Waals surface area contributed by atoms with Crippen LogP contribution in [0, 0.1) is 0 Å². The zero-order valence-corrected chi connectivity index (χ0v) is 16.8. The maximum atomic E-state index is 11.9. The number of amides is 1. The van der Waals surface area contributed by atoms with E-state index in [1.54, 1.807) is 39.6 Å². The third kappa shape index (κ3) is 4.28. The van der Waals surface area contributed by atoms with Crippen LogP contribution in [0.1, 0.15) is 17.8 Å². The summed E-state index contributed by atoms with van der Waals surface area (Å²) in [5.74, 6) is 1.68. The fraction of sp³-hybridized carbons (Fsp3) is 0.174. The van der Waals surface area contributed by atoms with E-state index in [1.807, 2.05) is 47.0 Å². The Hall–Kier alpha value is -4.07. The van der Waals surface area contributed by atoms with E-state index in [0.29, 0.717) is 23.0 Å². The summed E-state index contributed by atoms with van der Waals surface area (Å²) in [7, 11) is 4.80. The molecule has 8 heteroatoms. The van der Waals surface area contributed by atoms with Crippen LogP contribution in [0.5, 0.6) is 11.5 Å². The number of benzene rings is 2. The smallest absolute Gasteiger partial charge is 0.251 e. The summed E-state index contributed by atoms with van der Waals surface area (Å²) in [6.07, 6.45) is 3.53. The lowest BCUT2D eigenvalue weighted by Gasteiger charge is -2.13. The van der Waals surface area contributed by atoms with Crippen molar-refractivity contribution in [2.24, 2.45) is 0 Å². The van der Waals surface area contributed by atoms with Crippen molar-refractivity contribution in [3.8, 4) is 22.8 Å². The van der Waals surface area contributed by atoms with Crippen LogP contribution in [0.15, 0.2) is 60.9 Å². The van der Waals surface area contributed by atoms with Crippen molar-refractivity contribution in [3.63, 3.8) is 0 Å². The molecule has 2 N–H and O–H groups in total. The number of hydrogen-bond acceptors (Lipinski definition) is 6. The molecule has 0 bridgehead atoms. The monoisotopic (exact) mass is 419 g/mol. The van der Waals surface area contributed by atoms with E-state index in [4.69, 9.17) is 14.5 Å². The molecule has 0 aliphatic heterocycles. The predicted molar refractivity (Wildman–Crippen MR) is 121 cm³/mol. The van der Waals surface area contributed by atoms with Crippen LogP contribution in [-0.2, 0) is 0 Å². The first-order valence-corrected chi connectivity index (χ1v) is 9.28. The lowest BCUT2D eigenvalue weighted by Crippen LogP contribution is -2.17. The number of rotatable bonds is 6. The number of fused-ring (bicyclic) bond motifs is 1. The Morgan fingerprint density at radius 2 is 1.84 bits per heavy atom. The van der Waals surface area contributed by atoms with Crippen LogP contribution < -0.4 is 20.1 Å². The van der Waals surface area contributed by atoms with Gasteiger partial charge in [-0.05, 0) is 36.4 Å². The van der Waals surface area contributed by atoms with Crippen LogP contribution in [0.2, 0.25) is 0 Å². The highest BCUT2D eigenvalue weighted by molar-refractivity contribution is 5.95. The number of anilines is 2. The average molecular weight is 419 g/mol. The van der Waals surface area contributed by atoms with E-state index in [-0.39, 0.29) is 13.3 Å². The molecule has 2 aromatic heterocycles. The largest absolute Gasteiger partial charge is 0.493 e. The number of methoxy groups -OCH3 is 2. The second kappa shape index (κ2) is 9.17. The fourth-order valence-corrected chi connectivity index (χ4v) is 3.17. The molecule has 0 saturated heterocycles. The predicted octanol–water partition coefficient (Wildman–Crippen LogP) is 4.15. The normalized spacial score (nSPS) is 10.3. The Bertz CT molecular complexity index is 1220. The van der Waals surface area contributed by atoms with Gasteiger partial charge < -0.3 is 20.1 Å². The molecule has 0 aliphatic carbocycles. The SMILES string of the molecule is C.CNC(=O)c1cccc(Nc2nc(-c3ccc(OC)c(OC)c3)cc3nccn23)c1. The van der Waals surface area contributed by atoms with Crippen LogP contribution in [0.3, 0.4) is 0 Å². The van der Waals surface area contributed by atoms with Crippen LogP contribution in [0.25, 0.3) is 16.9 Å². The second-order valence-electron chi connectivity index (χ2n) is 6.48. The minimum absolute atomic E-state index is 0. The van der Waals surface area contributed by atoms with Gasteiger partial charge in [-0.25, -0.2) is 9.97 Å². The highest BCUT2D eigenvalue weighted by Crippen LogP contribution is 2.32. The molecular weight excluding hydrogens is 394 g/mol. The van der Waals surface area contributed by atoms with Gasteiger partial charge in [-0.15, -0.1) is 0 Å². The molecule has 0 fully saturated rings. The number of hydrogen-bond donors (Lipinski definition) is 2. The molecule has 2 heterocycles. The maximum absolute atomic E-state index is 11.9. The van der Waals surface area contributed by atoms with Gasteiger partial charge in [0, 0.05) is 42.3 Å². The van der Waals surface area contributed by atoms with Gasteiger partial charge in [0.2, 0.25) is 5.95 Å². The van der Waals surface area contributed by atoms with E-state index in [2.05, 4.69) is 15.6 Å². The zero-order chi connectivity index (χ0) is 21.1. The summed E-state index contributed by atoms with van der Waals surface area (Å²) >= 11 is 0. The summed E-state index contributed by atoms with van der Waals surface area (Å²) < 4.78 is 12.6. The lowest BCUT2D eigenvalue weighted by molar-refractivity contribution is 0.0963. The van der Waals surface area contributed by atoms with Gasteiger partial charge in [0.05, 0.1) is 19.9 Å². The van der Waals surface area contributed by atoms with Gasteiger partial charge in [-0.1, -0.05) is 13.5 Å². The Morgan fingerprint density at radius 3 is 2.58 bits per heavy atom. The van der Waals surface area contributed by atoms with E-state index in [1.165, 1.54) is 0 Å². The number of imidazole rings is 1. The molecule has 0 unspecified atom stereocenters. The Labute approximate surface area is 180 Å². The minimum atomic E-state index is -0.154. The number of nitrogens with zero attached hydrogens (tertiary/aromatic N) is 3. The summed E-state index contributed by atoms with van der Waals surface area (Å²) in [6.45, 7) is 0. The first-order chi connectivity index (χ1) is 14.6. The lowest BCUT2D eigenvalue weighted by atomic mass is 10.1. The standard InChI is InChI=1S/C22H21N5O3.CH4/c1-23-21(28)15-5-4-6-16(11-15)25-22-26-17(13-20-24-9-10-27(20)22)14-7-8-18(29-2)19(12-14)30-3;/h4-13H,1-3H3,(H,23,28)(H,25,26);1H4. The molecule has 4 aromatic rings. The minimum Gasteiger partial charge on any atom is -0.493 e. The van der Waals surface area contributed by atoms with Crippen molar-refractivity contribution in [2.45, 2.75) is 7.43 Å². The van der Waals surface area contributed by atoms with Gasteiger partial charge in [0.15, 0.2) is 11.5 Å². The van der Waals surface area contributed by atoms with Gasteiger partial charge in [0.25, 0.3) is 5.91 Å². The second-order valence-corrected chi connectivity index (χ2v) is 6.48. The Kier molecular flexibility index (Phi) is 6.40. The molecule has 0 spiro atoms. The molecule has 1 amide bonds. The van der Waals surface area contributed by atoms with E-state index in [0.717, 1.165) is 22.6 Å². The van der Waals surface area contributed by atoms with Crippen LogP contribution in [0.4, 0.5) is 11.6 Å². The highest BCUT2D eigenvalue weighted by Gasteiger charge is 2.12. The Morgan fingerprint density at radius 1 is 1.03 bits per heavy atom. The van der Waals surface area contributed by atoms with E-state index < -0.39 is 0 Å². The molecule has 160 valence electrons. The molecular formula is C23H25N5O3. The van der Waals surface area contributed by atoms with Crippen molar-refractivity contribution in [1.82, 2.24) is 19.7 Å². The van der Waals surface area contributed by atoms with Gasteiger partial charge in [-0.3, -0.25) is 9.20 Å². The summed E-state index contributed by atoms with van der Waals surface area (Å²) in [5.41, 5.74) is 3.61. The summed E-state index contributed by atoms with van der Waals surface area (Å²) in [6, 6.07) is 14.7. The van der Waals surface area contributed by atoms with Crippen molar-refractivity contribution >= 4 is 23.2 Å². The molecule has 8 nitrogen and oxygen atoms in total. The average Bonchev–Trinajstić information content (AvgIpc) is 3.27.